The van der Waals surface area contributed by atoms with Crippen LogP contribution in [0.5, 0.6) is 0 Å². The third-order valence-corrected chi connectivity index (χ3v) is 5.11. The Bertz CT molecular complexity index is 1200. The molecule has 2 aromatic carbocycles. The van der Waals surface area contributed by atoms with Crippen molar-refractivity contribution in [1.29, 1.82) is 0 Å². The van der Waals surface area contributed by atoms with Crippen LogP contribution in [-0.2, 0) is 10.9 Å². The standard InChI is InChI=1S/C22H20F3N3O3/c1-27(2)11-15-12-28(21(30)31-15)14-8-7-13-9-19(26-20(29)17(13)10-14)16-5-3-4-6-18(16)22(23,24)25/h3-10,15H,11-12H2,1-2H3,(H,26,29)/t15-/m0/s1. The number of nitrogens with zero attached hydrogens (tertiary/aromatic N) is 2. The summed E-state index contributed by atoms with van der Waals surface area (Å²) in [6.07, 6.45) is -5.35. The predicted octanol–water partition coefficient (Wildman–Crippen LogP) is 4.10. The van der Waals surface area contributed by atoms with Gasteiger partial charge in [0.25, 0.3) is 5.56 Å². The van der Waals surface area contributed by atoms with Gasteiger partial charge in [0, 0.05) is 28.9 Å². The number of ether oxygens (including phenoxy) is 1. The number of anilines is 1. The minimum Gasteiger partial charge on any atom is -0.443 e. The van der Waals surface area contributed by atoms with Gasteiger partial charge < -0.3 is 14.6 Å². The number of aromatic nitrogens is 1. The number of alkyl halides is 3. The summed E-state index contributed by atoms with van der Waals surface area (Å²) < 4.78 is 45.5. The average molecular weight is 431 g/mol. The molecule has 1 N–H and O–H groups in total. The van der Waals surface area contributed by atoms with Crippen molar-refractivity contribution < 1.29 is 22.7 Å². The minimum atomic E-state index is -4.55. The van der Waals surface area contributed by atoms with E-state index in [1.165, 1.54) is 29.2 Å². The maximum Gasteiger partial charge on any atom is 0.417 e. The number of carbonyl (C=O) groups excluding carboxylic acids is 1. The number of nitrogens with one attached hydrogen (secondary N) is 1. The molecule has 1 atom stereocenters. The molecule has 3 aromatic rings. The maximum atomic E-state index is 13.4. The third-order valence-electron chi connectivity index (χ3n) is 5.11. The smallest absolute Gasteiger partial charge is 0.417 e. The zero-order valence-corrected chi connectivity index (χ0v) is 16.9. The summed E-state index contributed by atoms with van der Waals surface area (Å²) in [6, 6.07) is 11.4. The highest BCUT2D eigenvalue weighted by atomic mass is 19.4. The molecule has 1 aliphatic rings. The second kappa shape index (κ2) is 7.73. The zero-order valence-electron chi connectivity index (χ0n) is 16.9. The lowest BCUT2D eigenvalue weighted by molar-refractivity contribution is -0.137. The van der Waals surface area contributed by atoms with Crippen LogP contribution < -0.4 is 10.5 Å². The predicted molar refractivity (Wildman–Crippen MR) is 111 cm³/mol. The Balaban J connectivity index is 1.72. The number of pyridine rings is 1. The van der Waals surface area contributed by atoms with Gasteiger partial charge in [-0.3, -0.25) is 9.69 Å². The van der Waals surface area contributed by atoms with Crippen LogP contribution >= 0.6 is 0 Å². The largest absolute Gasteiger partial charge is 0.443 e. The SMILES string of the molecule is CN(C)C[C@H]1CN(c2ccc3cc(-c4ccccc4C(F)(F)F)[nH]c(=O)c3c2)C(=O)O1. The highest BCUT2D eigenvalue weighted by Gasteiger charge is 2.34. The molecule has 0 radical (unpaired) electrons. The highest BCUT2D eigenvalue weighted by Crippen LogP contribution is 2.36. The lowest BCUT2D eigenvalue weighted by Gasteiger charge is -2.16. The van der Waals surface area contributed by atoms with Gasteiger partial charge in [-0.15, -0.1) is 0 Å². The Kier molecular flexibility index (Phi) is 5.22. The first-order chi connectivity index (χ1) is 14.6. The van der Waals surface area contributed by atoms with E-state index in [4.69, 9.17) is 4.74 Å². The first-order valence-electron chi connectivity index (χ1n) is 9.60. The number of hydrogen-bond acceptors (Lipinski definition) is 4. The average Bonchev–Trinajstić information content (AvgIpc) is 3.06. The number of likely N-dealkylation sites (N-methyl/N-ethyl adjacent to an activating group) is 1. The molecule has 1 aliphatic heterocycles. The van der Waals surface area contributed by atoms with Gasteiger partial charge in [-0.2, -0.15) is 13.2 Å². The first-order valence-corrected chi connectivity index (χ1v) is 9.60. The van der Waals surface area contributed by atoms with Crippen LogP contribution in [0.3, 0.4) is 0 Å². The van der Waals surface area contributed by atoms with Crippen molar-refractivity contribution >= 4 is 22.6 Å². The summed E-state index contributed by atoms with van der Waals surface area (Å²) >= 11 is 0. The summed E-state index contributed by atoms with van der Waals surface area (Å²) in [7, 11) is 3.75. The molecule has 1 amide bonds. The van der Waals surface area contributed by atoms with Crippen LogP contribution in [-0.4, -0.2) is 49.3 Å². The normalized spacial score (nSPS) is 16.9. The van der Waals surface area contributed by atoms with Gasteiger partial charge in [-0.1, -0.05) is 24.3 Å². The monoisotopic (exact) mass is 431 g/mol. The van der Waals surface area contributed by atoms with E-state index in [9.17, 15) is 22.8 Å². The van der Waals surface area contributed by atoms with E-state index in [0.717, 1.165) is 6.07 Å². The first kappa shape index (κ1) is 20.9. The molecule has 4 rings (SSSR count). The number of amides is 1. The molecule has 1 saturated heterocycles. The van der Waals surface area contributed by atoms with E-state index in [-0.39, 0.29) is 22.7 Å². The maximum absolute atomic E-state index is 13.4. The van der Waals surface area contributed by atoms with E-state index in [1.807, 2.05) is 19.0 Å². The fourth-order valence-electron chi connectivity index (χ4n) is 3.76. The molecular weight excluding hydrogens is 411 g/mol. The molecule has 1 fully saturated rings. The number of halogens is 3. The van der Waals surface area contributed by atoms with Crippen molar-refractivity contribution in [2.45, 2.75) is 12.3 Å². The van der Waals surface area contributed by atoms with Crippen LogP contribution in [0.2, 0.25) is 0 Å². The molecule has 0 bridgehead atoms. The third kappa shape index (κ3) is 4.13. The summed E-state index contributed by atoms with van der Waals surface area (Å²) in [5.41, 5.74) is -0.901. The molecule has 31 heavy (non-hydrogen) atoms. The van der Waals surface area contributed by atoms with Crippen LogP contribution in [0.1, 0.15) is 5.56 Å². The summed E-state index contributed by atoms with van der Waals surface area (Å²) in [5, 5.41) is 0.742. The molecule has 162 valence electrons. The van der Waals surface area contributed by atoms with E-state index >= 15 is 0 Å². The molecule has 0 spiro atoms. The Morgan fingerprint density at radius 3 is 2.58 bits per heavy atom. The summed E-state index contributed by atoms with van der Waals surface area (Å²) in [6.45, 7) is 0.913. The lowest BCUT2D eigenvalue weighted by atomic mass is 10.0. The fourth-order valence-corrected chi connectivity index (χ4v) is 3.76. The van der Waals surface area contributed by atoms with Crippen molar-refractivity contribution in [3.63, 3.8) is 0 Å². The number of rotatable bonds is 4. The summed E-state index contributed by atoms with van der Waals surface area (Å²) in [5.74, 6) is 0. The van der Waals surface area contributed by atoms with Gasteiger partial charge >= 0.3 is 12.3 Å². The molecule has 6 nitrogen and oxygen atoms in total. The van der Waals surface area contributed by atoms with Gasteiger partial charge in [0.15, 0.2) is 0 Å². The number of hydrogen-bond donors (Lipinski definition) is 1. The summed E-state index contributed by atoms with van der Waals surface area (Å²) in [4.78, 5) is 30.9. The number of cyclic esters (lactones) is 1. The van der Waals surface area contributed by atoms with Crippen LogP contribution in [0.4, 0.5) is 23.7 Å². The van der Waals surface area contributed by atoms with E-state index in [2.05, 4.69) is 4.98 Å². The van der Waals surface area contributed by atoms with Gasteiger partial charge in [-0.25, -0.2) is 4.79 Å². The van der Waals surface area contributed by atoms with E-state index < -0.39 is 23.4 Å². The van der Waals surface area contributed by atoms with Crippen molar-refractivity contribution in [1.82, 2.24) is 9.88 Å². The Labute approximate surface area is 175 Å². The number of H-pyrrole nitrogens is 1. The zero-order chi connectivity index (χ0) is 22.3. The van der Waals surface area contributed by atoms with Crippen molar-refractivity contribution in [2.75, 3.05) is 32.1 Å². The second-order valence-electron chi connectivity index (χ2n) is 7.71. The topological polar surface area (TPSA) is 65.6 Å². The quantitative estimate of drug-likeness (QED) is 0.676. The lowest BCUT2D eigenvalue weighted by Crippen LogP contribution is -2.30. The Hall–Kier alpha value is -3.33. The van der Waals surface area contributed by atoms with E-state index in [1.54, 1.807) is 18.2 Å². The van der Waals surface area contributed by atoms with Gasteiger partial charge in [0.1, 0.15) is 6.10 Å². The van der Waals surface area contributed by atoms with E-state index in [0.29, 0.717) is 24.2 Å². The molecule has 0 saturated carbocycles. The highest BCUT2D eigenvalue weighted by molar-refractivity contribution is 5.94. The Morgan fingerprint density at radius 2 is 1.87 bits per heavy atom. The number of aromatic amines is 1. The van der Waals surface area contributed by atoms with Gasteiger partial charge in [0.2, 0.25) is 0 Å². The molecule has 2 heterocycles. The van der Waals surface area contributed by atoms with Crippen LogP contribution in [0, 0.1) is 0 Å². The number of carbonyl (C=O) groups is 1. The second-order valence-corrected chi connectivity index (χ2v) is 7.71. The number of benzene rings is 2. The minimum absolute atomic E-state index is 0.0739. The van der Waals surface area contributed by atoms with Gasteiger partial charge in [0.05, 0.1) is 12.1 Å². The van der Waals surface area contributed by atoms with Crippen molar-refractivity contribution in [3.05, 3.63) is 64.4 Å². The molecular formula is C22H20F3N3O3. The van der Waals surface area contributed by atoms with Gasteiger partial charge in [-0.05, 0) is 43.7 Å². The van der Waals surface area contributed by atoms with Crippen molar-refractivity contribution in [2.24, 2.45) is 0 Å². The number of fused-ring (bicyclic) bond motifs is 1. The molecule has 1 aromatic heterocycles. The van der Waals surface area contributed by atoms with Crippen LogP contribution in [0.15, 0.2) is 53.3 Å². The van der Waals surface area contributed by atoms with Crippen LogP contribution in [0.25, 0.3) is 22.0 Å². The Morgan fingerprint density at radius 1 is 1.13 bits per heavy atom. The fraction of sp³-hybridized carbons (Fsp3) is 0.273. The molecule has 9 heteroatoms. The molecule has 0 aliphatic carbocycles. The van der Waals surface area contributed by atoms with Crippen molar-refractivity contribution in [3.8, 4) is 11.3 Å². The molecule has 0 unspecified atom stereocenters.